The minimum Gasteiger partial charge on any atom is -0.454 e. The van der Waals surface area contributed by atoms with Gasteiger partial charge in [-0.05, 0) is 339 Å². The molecule has 0 radical (unpaired) electrons. The van der Waals surface area contributed by atoms with Crippen molar-refractivity contribution in [1.29, 1.82) is 0 Å². The minimum absolute atomic E-state index is 0.249. The normalized spacial score (nSPS) is 15.1. The summed E-state index contributed by atoms with van der Waals surface area (Å²) >= 11 is 0. The van der Waals surface area contributed by atoms with Gasteiger partial charge in [0.05, 0.1) is 55.3 Å². The molecule has 0 fully saturated rings. The summed E-state index contributed by atoms with van der Waals surface area (Å²) < 4.78 is 14.6. The molecule has 0 spiro atoms. The van der Waals surface area contributed by atoms with Crippen LogP contribution in [-0.2, 0) is 0 Å². The molecule has 0 aliphatic heterocycles. The molecule has 21 aromatic carbocycles. The van der Waals surface area contributed by atoms with Gasteiger partial charge in [-0.1, -0.05) is 304 Å². The van der Waals surface area contributed by atoms with Crippen molar-refractivity contribution < 1.29 is 4.42 Å². The van der Waals surface area contributed by atoms with Crippen LogP contribution in [0.1, 0.15) is 173 Å². The van der Waals surface area contributed by atoms with Gasteiger partial charge in [-0.15, -0.1) is 0 Å². The molecule has 0 saturated heterocycles. The number of benzene rings is 21. The summed E-state index contributed by atoms with van der Waals surface area (Å²) in [6, 6.07) is 145. The van der Waals surface area contributed by atoms with Crippen LogP contribution < -0.4 is 9.80 Å². The molecule has 6 nitrogen and oxygen atoms in total. The first-order valence-corrected chi connectivity index (χ1v) is 52.9. The van der Waals surface area contributed by atoms with Gasteiger partial charge < -0.3 is 27.4 Å². The summed E-state index contributed by atoms with van der Waals surface area (Å²) in [6.07, 6.45) is 16.1. The van der Waals surface area contributed by atoms with Gasteiger partial charge in [0.15, 0.2) is 5.58 Å². The van der Waals surface area contributed by atoms with Gasteiger partial charge >= 0.3 is 0 Å². The second-order valence-electron chi connectivity index (χ2n) is 43.6. The van der Waals surface area contributed by atoms with Crippen molar-refractivity contribution in [3.05, 3.63) is 450 Å². The Morgan fingerprint density at radius 3 is 0.959 bits per heavy atom. The van der Waals surface area contributed by atoms with E-state index in [2.05, 4.69) is 485 Å². The zero-order valence-corrected chi connectivity index (χ0v) is 83.3. The Labute approximate surface area is 846 Å². The van der Waals surface area contributed by atoms with E-state index < -0.39 is 0 Å². The number of rotatable bonds is 19. The summed E-state index contributed by atoms with van der Waals surface area (Å²) in [5.41, 5.74) is 33.3. The van der Waals surface area contributed by atoms with E-state index in [1.165, 1.54) is 235 Å². The van der Waals surface area contributed by atoms with Gasteiger partial charge in [-0.3, -0.25) is 0 Å². The molecule has 2 aliphatic carbocycles. The van der Waals surface area contributed by atoms with Crippen molar-refractivity contribution in [1.82, 2.24) is 13.2 Å². The highest BCUT2D eigenvalue weighted by Crippen LogP contribution is 2.55. The molecule has 7 aromatic heterocycles. The van der Waals surface area contributed by atoms with Crippen LogP contribution in [0.3, 0.4) is 0 Å². The lowest BCUT2D eigenvalue weighted by atomic mass is 9.71. The van der Waals surface area contributed by atoms with Crippen LogP contribution in [0.4, 0.5) is 34.1 Å². The predicted molar refractivity (Wildman–Crippen MR) is 624 cm³/mol. The van der Waals surface area contributed by atoms with Gasteiger partial charge in [0.25, 0.3) is 0 Å². The maximum Gasteiger partial charge on any atom is 0.159 e. The highest BCUT2D eigenvalue weighted by Gasteiger charge is 2.34. The van der Waals surface area contributed by atoms with Crippen LogP contribution in [0, 0.1) is 5.92 Å². The Kier molecular flexibility index (Phi) is 18.8. The average Bonchev–Trinajstić information content (AvgIpc) is 1.54. The SMILES string of the molecule is CC(C)c1ccc2cc3c(cc2c1)c1cc(C2=Cc4ccccc4C4C=CC=CC24)cc2c4cc5cc(C(C)CCC(C)c6ccc7cc8c(cc7c6)c6cc(N(c7ccccc7)c7ccccc7)cc7c9cc%10cc(C(C)CCC(C)c%11ccc%12cc%13c(cc%12c%11)c%11cc(N(c%12ccccc%12)c%12cccc%14c%12oc%12ccccc%12%14)cc%12c%14cc%15cc(C(C)C)ccc%15cc%14n%13c%12%11)ccc%10cc9n8c67)ccc5cc4n3c12. The maximum absolute atomic E-state index is 6.88. The topological polar surface area (TPSA) is 32.9 Å². The summed E-state index contributed by atoms with van der Waals surface area (Å²) in [4.78, 5) is 4.87. The van der Waals surface area contributed by atoms with E-state index >= 15 is 0 Å². The second kappa shape index (κ2) is 32.4. The first kappa shape index (κ1) is 84.8. The van der Waals surface area contributed by atoms with Crippen molar-refractivity contribution >= 4 is 247 Å². The maximum atomic E-state index is 6.88. The van der Waals surface area contributed by atoms with E-state index in [0.717, 1.165) is 81.7 Å². The number of para-hydroxylation sites is 5. The standard InChI is InChI=1S/C140H107N5O/c1-80(2)86-43-49-92-70-130-117(62-99(92)55-86)123-68-105(116-61-98-25-18-19-32-111(98)112-33-20-21-34-113(112)116)69-124-118-64-101-57-88(45-51-94(101)72-131(118)143(130)137(123)124)82(5)39-40-83(6)89-46-52-95-73-133-120(65-102(95)58-89)125-76-109(141(106-26-12-9-13-27-106)107-28-14-10-15-29-107)77-126-121-66-103-59-90(47-53-96(103)74-134(121)144(133)138(125)126)84(7)41-42-85(8)91-48-54-97-75-135-122(67-104(97)60-91)128-79-110(78-127-119-63-100-56-87(81(3)4)44-50-93(100)71-132(119)145(135)139(127)128)142(108-30-16-11-17-31-108)129-37-24-36-115-114-35-22-23-38-136(114)146-140(115)129/h9-38,43-85,112-113H,39-42H2,1-8H3. The monoisotopic (exact) mass is 1870 g/mol. The molecule has 698 valence electrons. The summed E-state index contributed by atoms with van der Waals surface area (Å²) in [6.45, 7) is 19.0. The highest BCUT2D eigenvalue weighted by atomic mass is 16.3. The van der Waals surface area contributed by atoms with Gasteiger partial charge in [-0.2, -0.15) is 0 Å². The lowest BCUT2D eigenvalue weighted by Gasteiger charge is -2.32. The zero-order valence-electron chi connectivity index (χ0n) is 83.3. The van der Waals surface area contributed by atoms with Crippen LogP contribution >= 0.6 is 0 Å². The lowest BCUT2D eigenvalue weighted by Crippen LogP contribution is -2.17. The number of anilines is 6. The van der Waals surface area contributed by atoms with Gasteiger partial charge in [-0.25, -0.2) is 0 Å². The Bertz CT molecular complexity index is 10400. The molecule has 0 N–H and O–H groups in total. The predicted octanol–water partition coefficient (Wildman–Crippen LogP) is 39.9. The smallest absolute Gasteiger partial charge is 0.159 e. The number of aromatic nitrogens is 3. The fourth-order valence-electron chi connectivity index (χ4n) is 26.4. The molecule has 6 heteroatoms. The molecule has 28 aromatic rings. The van der Waals surface area contributed by atoms with Gasteiger partial charge in [0.2, 0.25) is 0 Å². The van der Waals surface area contributed by atoms with E-state index in [-0.39, 0.29) is 5.92 Å². The van der Waals surface area contributed by atoms with E-state index in [0.29, 0.717) is 41.4 Å². The zero-order chi connectivity index (χ0) is 97.0. The van der Waals surface area contributed by atoms with E-state index in [9.17, 15) is 0 Å². The third-order valence-electron chi connectivity index (χ3n) is 34.4. The van der Waals surface area contributed by atoms with E-state index in [1.807, 2.05) is 0 Å². The fourth-order valence-corrected chi connectivity index (χ4v) is 26.4. The Morgan fingerprint density at radius 2 is 0.568 bits per heavy atom. The number of fused-ring (bicyclic) bond motifs is 30. The molecular formula is C140H107N5O. The lowest BCUT2D eigenvalue weighted by molar-refractivity contribution is 0.574. The summed E-state index contributed by atoms with van der Waals surface area (Å²) in [7, 11) is 0. The average molecular weight is 1880 g/mol. The van der Waals surface area contributed by atoms with Crippen LogP contribution in [0.2, 0.25) is 0 Å². The van der Waals surface area contributed by atoms with Crippen molar-refractivity contribution in [2.45, 2.75) is 122 Å². The Hall–Kier alpha value is -16.8. The molecule has 7 heterocycles. The third kappa shape index (κ3) is 13.0. The van der Waals surface area contributed by atoms with Gasteiger partial charge in [0, 0.05) is 116 Å². The van der Waals surface area contributed by atoms with Crippen LogP contribution in [-0.4, -0.2) is 13.2 Å². The first-order chi connectivity index (χ1) is 71.6. The van der Waals surface area contributed by atoms with Crippen LogP contribution in [0.15, 0.2) is 405 Å². The van der Waals surface area contributed by atoms with Crippen molar-refractivity contribution in [3.63, 3.8) is 0 Å². The van der Waals surface area contributed by atoms with Crippen molar-refractivity contribution in [2.75, 3.05) is 9.80 Å². The molecule has 0 saturated carbocycles. The van der Waals surface area contributed by atoms with Crippen molar-refractivity contribution in [2.24, 2.45) is 5.92 Å². The molecule has 2 aliphatic rings. The number of allylic oxidation sites excluding steroid dienone is 5. The van der Waals surface area contributed by atoms with Crippen LogP contribution in [0.25, 0.3) is 213 Å². The number of hydrogen-bond donors (Lipinski definition) is 0. The van der Waals surface area contributed by atoms with Crippen molar-refractivity contribution in [3.8, 4) is 0 Å². The second-order valence-corrected chi connectivity index (χ2v) is 43.6. The van der Waals surface area contributed by atoms with Gasteiger partial charge in [0.1, 0.15) is 5.58 Å². The molecule has 0 amide bonds. The largest absolute Gasteiger partial charge is 0.454 e. The number of nitrogens with zero attached hydrogens (tertiary/aromatic N) is 5. The summed E-state index contributed by atoms with van der Waals surface area (Å²) in [5.74, 6) is 2.77. The van der Waals surface area contributed by atoms with E-state index in [4.69, 9.17) is 4.42 Å². The third-order valence-corrected chi connectivity index (χ3v) is 34.4. The Morgan fingerprint density at radius 1 is 0.247 bits per heavy atom. The molecular weight excluding hydrogens is 1770 g/mol. The minimum atomic E-state index is 0.249. The van der Waals surface area contributed by atoms with E-state index in [1.54, 1.807) is 0 Å². The number of furan rings is 1. The van der Waals surface area contributed by atoms with Crippen LogP contribution in [0.5, 0.6) is 0 Å². The molecule has 30 rings (SSSR count). The summed E-state index contributed by atoms with van der Waals surface area (Å²) in [5, 5.41) is 32.8. The first-order valence-electron chi connectivity index (χ1n) is 52.9. The fraction of sp³-hybridized carbons (Fsp3) is 0.143. The Balaban J connectivity index is 0.468. The molecule has 0 bridgehead atoms. The number of hydrogen-bond acceptors (Lipinski definition) is 3. The highest BCUT2D eigenvalue weighted by molar-refractivity contribution is 6.31. The molecule has 146 heavy (non-hydrogen) atoms. The molecule has 6 atom stereocenters. The molecule has 6 unspecified atom stereocenters. The quantitative estimate of drug-likeness (QED) is 0.0809.